The first kappa shape index (κ1) is 12.6. The van der Waals surface area contributed by atoms with E-state index < -0.39 is 0 Å². The van der Waals surface area contributed by atoms with Gasteiger partial charge in [0.05, 0.1) is 0 Å². The summed E-state index contributed by atoms with van der Waals surface area (Å²) in [5, 5.41) is 8.84. The maximum Gasteiger partial charge on any atom is 0.213 e. The summed E-state index contributed by atoms with van der Waals surface area (Å²) in [6.45, 7) is 0.860. The normalized spacial score (nSPS) is 18.0. The second-order valence-corrected chi connectivity index (χ2v) is 5.56. The van der Waals surface area contributed by atoms with Gasteiger partial charge in [-0.3, -0.25) is 0 Å². The molecule has 0 saturated carbocycles. The van der Waals surface area contributed by atoms with Crippen LogP contribution in [0.3, 0.4) is 0 Å². The van der Waals surface area contributed by atoms with Crippen molar-refractivity contribution < 1.29 is 4.52 Å². The van der Waals surface area contributed by atoms with E-state index in [-0.39, 0.29) is 0 Å². The average Bonchev–Trinajstić information content (AvgIpc) is 3.15. The lowest BCUT2D eigenvalue weighted by molar-refractivity contribution is 0.406. The average molecular weight is 282 g/mol. The second kappa shape index (κ2) is 5.33. The number of H-pyrrole nitrogens is 1. The van der Waals surface area contributed by atoms with E-state index >= 15 is 0 Å². The number of hydrogen-bond acceptors (Lipinski definition) is 4. The molecule has 1 aliphatic carbocycles. The molecule has 0 bridgehead atoms. The lowest BCUT2D eigenvalue weighted by Gasteiger charge is -2.23. The molecule has 2 N–H and O–H groups in total. The van der Waals surface area contributed by atoms with Crippen LogP contribution < -0.4 is 5.32 Å². The summed E-state index contributed by atoms with van der Waals surface area (Å²) in [5.41, 5.74) is 4.08. The van der Waals surface area contributed by atoms with Crippen LogP contribution in [0.15, 0.2) is 35.2 Å². The Labute approximate surface area is 122 Å². The fraction of sp³-hybridized carbons (Fsp3) is 0.375. The molecule has 2 heterocycles. The summed E-state index contributed by atoms with van der Waals surface area (Å²) >= 11 is 0. The topological polar surface area (TPSA) is 66.7 Å². The van der Waals surface area contributed by atoms with Crippen LogP contribution in [-0.4, -0.2) is 21.7 Å². The number of fused-ring (bicyclic) bond motifs is 3. The zero-order valence-corrected chi connectivity index (χ0v) is 11.8. The Morgan fingerprint density at radius 1 is 1.33 bits per heavy atom. The SMILES string of the molecule is c1ccc2c3c([nH]c2c1)C(NCCc1ncon1)CCC3. The van der Waals surface area contributed by atoms with Crippen molar-refractivity contribution in [3.63, 3.8) is 0 Å². The first-order valence-corrected chi connectivity index (χ1v) is 7.50. The molecular formula is C16H18N4O. The third kappa shape index (κ3) is 2.34. The lowest BCUT2D eigenvalue weighted by atomic mass is 9.91. The van der Waals surface area contributed by atoms with Gasteiger partial charge in [-0.1, -0.05) is 23.4 Å². The Bertz CT molecular complexity index is 732. The molecule has 1 aliphatic rings. The number of nitrogens with one attached hydrogen (secondary N) is 2. The van der Waals surface area contributed by atoms with Gasteiger partial charge in [0.15, 0.2) is 5.82 Å². The lowest BCUT2D eigenvalue weighted by Crippen LogP contribution is -2.27. The van der Waals surface area contributed by atoms with Crippen molar-refractivity contribution in [3.05, 3.63) is 47.7 Å². The van der Waals surface area contributed by atoms with Crippen molar-refractivity contribution in [2.24, 2.45) is 0 Å². The van der Waals surface area contributed by atoms with Gasteiger partial charge in [-0.25, -0.2) is 0 Å². The van der Waals surface area contributed by atoms with Crippen LogP contribution >= 0.6 is 0 Å². The third-order valence-electron chi connectivity index (χ3n) is 4.26. The molecule has 1 aromatic carbocycles. The highest BCUT2D eigenvalue weighted by atomic mass is 16.5. The molecule has 0 radical (unpaired) electrons. The van der Waals surface area contributed by atoms with Crippen LogP contribution in [-0.2, 0) is 12.8 Å². The van der Waals surface area contributed by atoms with Crippen molar-refractivity contribution in [1.82, 2.24) is 20.4 Å². The summed E-state index contributed by atoms with van der Waals surface area (Å²) in [7, 11) is 0. The molecule has 2 aromatic heterocycles. The van der Waals surface area contributed by atoms with E-state index in [1.54, 1.807) is 0 Å². The highest BCUT2D eigenvalue weighted by Crippen LogP contribution is 2.34. The second-order valence-electron chi connectivity index (χ2n) is 5.56. The van der Waals surface area contributed by atoms with Gasteiger partial charge in [-0.05, 0) is 30.9 Å². The largest absolute Gasteiger partial charge is 0.357 e. The quantitative estimate of drug-likeness (QED) is 0.772. The monoisotopic (exact) mass is 282 g/mol. The molecule has 0 saturated heterocycles. The Balaban J connectivity index is 1.53. The highest BCUT2D eigenvalue weighted by molar-refractivity contribution is 5.85. The zero-order valence-electron chi connectivity index (χ0n) is 11.8. The first-order valence-electron chi connectivity index (χ1n) is 7.50. The van der Waals surface area contributed by atoms with E-state index in [1.807, 2.05) is 0 Å². The van der Waals surface area contributed by atoms with Gasteiger partial charge in [0, 0.05) is 35.6 Å². The maximum atomic E-state index is 4.76. The van der Waals surface area contributed by atoms with Crippen molar-refractivity contribution in [2.45, 2.75) is 31.7 Å². The molecule has 0 spiro atoms. The van der Waals surface area contributed by atoms with Gasteiger partial charge in [0.2, 0.25) is 6.39 Å². The minimum Gasteiger partial charge on any atom is -0.357 e. The summed E-state index contributed by atoms with van der Waals surface area (Å²) in [4.78, 5) is 7.65. The van der Waals surface area contributed by atoms with Crippen molar-refractivity contribution in [1.29, 1.82) is 0 Å². The standard InChI is InChI=1S/C16H18N4O/c1-2-6-13-11(4-1)12-5-3-7-14(16(12)19-13)17-9-8-15-18-10-21-20-15/h1-2,4,6,10,14,17,19H,3,5,7-9H2. The minimum atomic E-state index is 0.396. The number of rotatable bonds is 4. The number of benzene rings is 1. The van der Waals surface area contributed by atoms with Gasteiger partial charge in [0.1, 0.15) is 0 Å². The van der Waals surface area contributed by atoms with E-state index in [2.05, 4.69) is 44.7 Å². The summed E-state index contributed by atoms with van der Waals surface area (Å²) in [5.74, 6) is 0.759. The van der Waals surface area contributed by atoms with Crippen LogP contribution in [0.5, 0.6) is 0 Å². The van der Waals surface area contributed by atoms with Gasteiger partial charge >= 0.3 is 0 Å². The fourth-order valence-electron chi connectivity index (χ4n) is 3.28. The number of aromatic nitrogens is 3. The molecule has 0 fully saturated rings. The molecule has 0 amide bonds. The first-order chi connectivity index (χ1) is 10.4. The predicted molar refractivity (Wildman–Crippen MR) is 80.0 cm³/mol. The summed E-state index contributed by atoms with van der Waals surface area (Å²) < 4.78 is 4.76. The Morgan fingerprint density at radius 2 is 2.29 bits per heavy atom. The number of para-hydroxylation sites is 1. The molecule has 3 aromatic rings. The predicted octanol–water partition coefficient (Wildman–Crippen LogP) is 2.76. The number of aromatic amines is 1. The molecule has 0 aliphatic heterocycles. The van der Waals surface area contributed by atoms with E-state index in [9.17, 15) is 0 Å². The van der Waals surface area contributed by atoms with E-state index in [1.165, 1.54) is 47.8 Å². The van der Waals surface area contributed by atoms with Gasteiger partial charge in [0.25, 0.3) is 0 Å². The molecular weight excluding hydrogens is 264 g/mol. The van der Waals surface area contributed by atoms with E-state index in [0.29, 0.717) is 6.04 Å². The Hall–Kier alpha value is -2.14. The summed E-state index contributed by atoms with van der Waals surface area (Å²) in [6, 6.07) is 8.97. The van der Waals surface area contributed by atoms with Crippen LogP contribution in [0.1, 0.15) is 36.0 Å². The summed E-state index contributed by atoms with van der Waals surface area (Å²) in [6.07, 6.45) is 5.75. The number of hydrogen-bond donors (Lipinski definition) is 2. The highest BCUT2D eigenvalue weighted by Gasteiger charge is 2.23. The van der Waals surface area contributed by atoms with Crippen LogP contribution in [0.4, 0.5) is 0 Å². The van der Waals surface area contributed by atoms with Gasteiger partial charge < -0.3 is 14.8 Å². The third-order valence-corrected chi connectivity index (χ3v) is 4.26. The molecule has 1 atom stereocenters. The molecule has 5 nitrogen and oxygen atoms in total. The molecule has 4 rings (SSSR count). The smallest absolute Gasteiger partial charge is 0.213 e. The van der Waals surface area contributed by atoms with Gasteiger partial charge in [-0.15, -0.1) is 0 Å². The van der Waals surface area contributed by atoms with Crippen LogP contribution in [0.25, 0.3) is 10.9 Å². The van der Waals surface area contributed by atoms with E-state index in [4.69, 9.17) is 4.52 Å². The Morgan fingerprint density at radius 3 is 3.19 bits per heavy atom. The fourth-order valence-corrected chi connectivity index (χ4v) is 3.28. The van der Waals surface area contributed by atoms with Crippen molar-refractivity contribution >= 4 is 10.9 Å². The van der Waals surface area contributed by atoms with Crippen LogP contribution in [0.2, 0.25) is 0 Å². The Kier molecular flexibility index (Phi) is 3.20. The molecule has 21 heavy (non-hydrogen) atoms. The molecule has 108 valence electrons. The molecule has 1 unspecified atom stereocenters. The van der Waals surface area contributed by atoms with Crippen molar-refractivity contribution in [2.75, 3.05) is 6.54 Å². The number of aryl methyl sites for hydroxylation is 1. The van der Waals surface area contributed by atoms with Gasteiger partial charge in [-0.2, -0.15) is 4.98 Å². The zero-order chi connectivity index (χ0) is 14.1. The van der Waals surface area contributed by atoms with Crippen LogP contribution in [0, 0.1) is 0 Å². The number of nitrogens with zero attached hydrogens (tertiary/aromatic N) is 2. The maximum absolute atomic E-state index is 4.76. The van der Waals surface area contributed by atoms with Crippen molar-refractivity contribution in [3.8, 4) is 0 Å². The van der Waals surface area contributed by atoms with E-state index in [0.717, 1.165) is 18.8 Å². The minimum absolute atomic E-state index is 0.396. The molecule has 5 heteroatoms.